The molecule has 1 heterocycles. The first kappa shape index (κ1) is 18.7. The van der Waals surface area contributed by atoms with E-state index in [4.69, 9.17) is 0 Å². The van der Waals surface area contributed by atoms with E-state index in [-0.39, 0.29) is 42.5 Å². The zero-order valence-electron chi connectivity index (χ0n) is 14.5. The van der Waals surface area contributed by atoms with E-state index in [9.17, 15) is 19.2 Å². The SMILES string of the molecule is CC(=O)CCNC(=O)c1cc(NC(=O)C2CCC(NC=O)C2)cn1C. The molecule has 1 aliphatic carbocycles. The van der Waals surface area contributed by atoms with Gasteiger partial charge >= 0.3 is 0 Å². The quantitative estimate of drug-likeness (QED) is 0.597. The molecule has 0 aromatic carbocycles. The molecule has 1 aliphatic rings. The highest BCUT2D eigenvalue weighted by molar-refractivity contribution is 5.97. The number of carbonyl (C=O) groups is 4. The second-order valence-corrected chi connectivity index (χ2v) is 6.41. The van der Waals surface area contributed by atoms with Gasteiger partial charge in [0.2, 0.25) is 12.3 Å². The number of aryl methyl sites for hydroxylation is 1. The number of carbonyl (C=O) groups excluding carboxylic acids is 4. The van der Waals surface area contributed by atoms with Crippen LogP contribution in [0.3, 0.4) is 0 Å². The standard InChI is InChI=1S/C17H24N4O4/c1-11(23)5-6-18-17(25)15-8-14(9-21(15)2)20-16(24)12-3-4-13(7-12)19-10-22/h8-10,12-13H,3-7H2,1-2H3,(H,18,25)(H,19,22)(H,20,24). The second kappa shape index (κ2) is 8.46. The Morgan fingerprint density at radius 2 is 2.08 bits per heavy atom. The molecule has 0 radical (unpaired) electrons. The minimum absolute atomic E-state index is 0.0130. The van der Waals surface area contributed by atoms with Gasteiger partial charge in [-0.3, -0.25) is 19.2 Å². The summed E-state index contributed by atoms with van der Waals surface area (Å²) in [5.74, 6) is -0.533. The Hall–Kier alpha value is -2.64. The van der Waals surface area contributed by atoms with Crippen molar-refractivity contribution in [3.63, 3.8) is 0 Å². The lowest BCUT2D eigenvalue weighted by Gasteiger charge is -2.10. The highest BCUT2D eigenvalue weighted by Gasteiger charge is 2.29. The van der Waals surface area contributed by atoms with Crippen molar-refractivity contribution in [1.82, 2.24) is 15.2 Å². The predicted molar refractivity (Wildman–Crippen MR) is 92.0 cm³/mol. The third-order valence-electron chi connectivity index (χ3n) is 4.37. The largest absolute Gasteiger partial charge is 0.356 e. The Morgan fingerprint density at radius 3 is 2.76 bits per heavy atom. The van der Waals surface area contributed by atoms with E-state index in [1.165, 1.54) is 6.92 Å². The Labute approximate surface area is 146 Å². The van der Waals surface area contributed by atoms with E-state index in [1.807, 2.05) is 0 Å². The lowest BCUT2D eigenvalue weighted by Crippen LogP contribution is -2.27. The summed E-state index contributed by atoms with van der Waals surface area (Å²) >= 11 is 0. The van der Waals surface area contributed by atoms with Gasteiger partial charge in [0.25, 0.3) is 5.91 Å². The fourth-order valence-electron chi connectivity index (χ4n) is 3.01. The monoisotopic (exact) mass is 348 g/mol. The van der Waals surface area contributed by atoms with Crippen LogP contribution in [-0.2, 0) is 21.4 Å². The summed E-state index contributed by atoms with van der Waals surface area (Å²) in [7, 11) is 1.72. The van der Waals surface area contributed by atoms with Crippen LogP contribution in [0.4, 0.5) is 5.69 Å². The van der Waals surface area contributed by atoms with Crippen LogP contribution in [-0.4, -0.2) is 41.2 Å². The number of amides is 3. The van der Waals surface area contributed by atoms with Crippen molar-refractivity contribution < 1.29 is 19.2 Å². The van der Waals surface area contributed by atoms with Gasteiger partial charge in [-0.2, -0.15) is 0 Å². The molecule has 1 fully saturated rings. The Morgan fingerprint density at radius 1 is 1.32 bits per heavy atom. The summed E-state index contributed by atoms with van der Waals surface area (Å²) < 4.78 is 1.63. The van der Waals surface area contributed by atoms with Crippen LogP contribution in [0.5, 0.6) is 0 Å². The highest BCUT2D eigenvalue weighted by Crippen LogP contribution is 2.27. The van der Waals surface area contributed by atoms with Crippen molar-refractivity contribution in [1.29, 1.82) is 0 Å². The number of nitrogens with zero attached hydrogens (tertiary/aromatic N) is 1. The Balaban J connectivity index is 1.91. The first-order chi connectivity index (χ1) is 11.9. The third kappa shape index (κ3) is 5.17. The average molecular weight is 348 g/mol. The lowest BCUT2D eigenvalue weighted by molar-refractivity contribution is -0.120. The molecule has 136 valence electrons. The average Bonchev–Trinajstić information content (AvgIpc) is 3.14. The summed E-state index contributed by atoms with van der Waals surface area (Å²) in [4.78, 5) is 45.8. The molecule has 2 atom stereocenters. The van der Waals surface area contributed by atoms with Gasteiger partial charge in [0.1, 0.15) is 11.5 Å². The molecule has 8 nitrogen and oxygen atoms in total. The van der Waals surface area contributed by atoms with Gasteiger partial charge < -0.3 is 20.5 Å². The highest BCUT2D eigenvalue weighted by atomic mass is 16.2. The van der Waals surface area contributed by atoms with Crippen LogP contribution in [0, 0.1) is 5.92 Å². The minimum atomic E-state index is -0.291. The number of rotatable bonds is 8. The van der Waals surface area contributed by atoms with Gasteiger partial charge in [-0.25, -0.2) is 0 Å². The molecule has 1 saturated carbocycles. The van der Waals surface area contributed by atoms with Crippen molar-refractivity contribution >= 4 is 29.7 Å². The van der Waals surface area contributed by atoms with E-state index in [2.05, 4.69) is 16.0 Å². The molecule has 1 aromatic rings. The molecule has 25 heavy (non-hydrogen) atoms. The number of Topliss-reactive ketones (excluding diaryl/α,β-unsaturated/α-hetero) is 1. The van der Waals surface area contributed by atoms with Crippen molar-refractivity contribution in [3.05, 3.63) is 18.0 Å². The second-order valence-electron chi connectivity index (χ2n) is 6.41. The Kier molecular flexibility index (Phi) is 6.32. The number of anilines is 1. The van der Waals surface area contributed by atoms with Gasteiger partial charge in [-0.05, 0) is 32.3 Å². The molecule has 3 N–H and O–H groups in total. The molecule has 2 rings (SSSR count). The summed E-state index contributed by atoms with van der Waals surface area (Å²) in [6, 6.07) is 1.66. The maximum Gasteiger partial charge on any atom is 0.267 e. The number of aromatic nitrogens is 1. The number of hydrogen-bond donors (Lipinski definition) is 3. The molecular weight excluding hydrogens is 324 g/mol. The number of hydrogen-bond acceptors (Lipinski definition) is 4. The zero-order valence-corrected chi connectivity index (χ0v) is 14.5. The van der Waals surface area contributed by atoms with Crippen molar-refractivity contribution in [2.75, 3.05) is 11.9 Å². The number of nitrogens with one attached hydrogen (secondary N) is 3. The van der Waals surface area contributed by atoms with Gasteiger partial charge in [-0.15, -0.1) is 0 Å². The summed E-state index contributed by atoms with van der Waals surface area (Å²) in [6.07, 6.45) is 4.76. The van der Waals surface area contributed by atoms with Crippen LogP contribution < -0.4 is 16.0 Å². The third-order valence-corrected chi connectivity index (χ3v) is 4.37. The maximum atomic E-state index is 12.3. The molecule has 3 amide bonds. The van der Waals surface area contributed by atoms with Crippen molar-refractivity contribution in [2.24, 2.45) is 13.0 Å². The van der Waals surface area contributed by atoms with E-state index in [0.717, 1.165) is 12.8 Å². The van der Waals surface area contributed by atoms with Gasteiger partial charge in [-0.1, -0.05) is 0 Å². The van der Waals surface area contributed by atoms with Gasteiger partial charge in [0.15, 0.2) is 0 Å². The van der Waals surface area contributed by atoms with E-state index >= 15 is 0 Å². The van der Waals surface area contributed by atoms with E-state index in [0.29, 0.717) is 24.2 Å². The summed E-state index contributed by atoms with van der Waals surface area (Å²) in [5, 5.41) is 8.21. The fourth-order valence-corrected chi connectivity index (χ4v) is 3.01. The first-order valence-corrected chi connectivity index (χ1v) is 8.35. The molecule has 2 unspecified atom stereocenters. The van der Waals surface area contributed by atoms with Crippen LogP contribution in [0.1, 0.15) is 43.1 Å². The number of ketones is 1. The van der Waals surface area contributed by atoms with Crippen LogP contribution >= 0.6 is 0 Å². The van der Waals surface area contributed by atoms with Crippen LogP contribution in [0.25, 0.3) is 0 Å². The van der Waals surface area contributed by atoms with Crippen LogP contribution in [0.15, 0.2) is 12.3 Å². The zero-order chi connectivity index (χ0) is 18.4. The smallest absolute Gasteiger partial charge is 0.267 e. The fraction of sp³-hybridized carbons (Fsp3) is 0.529. The summed E-state index contributed by atoms with van der Waals surface area (Å²) in [6.45, 7) is 1.76. The predicted octanol–water partition coefficient (Wildman–Crippen LogP) is 0.587. The maximum absolute atomic E-state index is 12.3. The molecular formula is C17H24N4O4. The molecule has 8 heteroatoms. The van der Waals surface area contributed by atoms with Gasteiger partial charge in [0.05, 0.1) is 5.69 Å². The molecule has 0 aliphatic heterocycles. The summed E-state index contributed by atoms with van der Waals surface area (Å²) in [5.41, 5.74) is 0.960. The molecule has 0 spiro atoms. The van der Waals surface area contributed by atoms with Crippen molar-refractivity contribution in [2.45, 2.75) is 38.6 Å². The normalized spacial score (nSPS) is 19.3. The lowest BCUT2D eigenvalue weighted by atomic mass is 10.1. The van der Waals surface area contributed by atoms with Crippen LogP contribution in [0.2, 0.25) is 0 Å². The first-order valence-electron chi connectivity index (χ1n) is 8.35. The molecule has 1 aromatic heterocycles. The van der Waals surface area contributed by atoms with Gasteiger partial charge in [0, 0.05) is 38.2 Å². The Bertz CT molecular complexity index is 668. The van der Waals surface area contributed by atoms with Crippen molar-refractivity contribution in [3.8, 4) is 0 Å². The van der Waals surface area contributed by atoms with E-state index < -0.39 is 0 Å². The topological polar surface area (TPSA) is 109 Å². The van der Waals surface area contributed by atoms with E-state index in [1.54, 1.807) is 23.9 Å². The molecule has 0 saturated heterocycles. The minimum Gasteiger partial charge on any atom is -0.356 e. The molecule has 0 bridgehead atoms.